The summed E-state index contributed by atoms with van der Waals surface area (Å²) in [7, 11) is 0. The zero-order chi connectivity index (χ0) is 17.5. The van der Waals surface area contributed by atoms with E-state index in [1.807, 2.05) is 12.1 Å². The monoisotopic (exact) mass is 352 g/mol. The standard InChI is InChI=1S/C18H22F2N2O3/c19-18(20)8-13(9-18)16(23)22-6-3-17(4-7-22)10-15(12-24-17)25-14-2-1-5-21-11-14/h1-2,5,11,13,15H,3-4,6-10,12H2/t15-/m0/s1. The summed E-state index contributed by atoms with van der Waals surface area (Å²) >= 11 is 0. The highest BCUT2D eigenvalue weighted by Crippen LogP contribution is 2.44. The van der Waals surface area contributed by atoms with Crippen LogP contribution in [0, 0.1) is 5.92 Å². The number of carbonyl (C=O) groups is 1. The van der Waals surface area contributed by atoms with Crippen LogP contribution in [0.5, 0.6) is 5.75 Å². The molecular weight excluding hydrogens is 330 g/mol. The lowest BCUT2D eigenvalue weighted by molar-refractivity contribution is -0.163. The van der Waals surface area contributed by atoms with Gasteiger partial charge in [0.25, 0.3) is 0 Å². The van der Waals surface area contributed by atoms with Crippen molar-refractivity contribution in [3.63, 3.8) is 0 Å². The largest absolute Gasteiger partial charge is 0.486 e. The number of piperidine rings is 1. The number of carbonyl (C=O) groups excluding carboxylic acids is 1. The first kappa shape index (κ1) is 16.7. The van der Waals surface area contributed by atoms with E-state index in [1.54, 1.807) is 17.3 Å². The lowest BCUT2D eigenvalue weighted by Gasteiger charge is -2.42. The summed E-state index contributed by atoms with van der Waals surface area (Å²) in [6, 6.07) is 3.70. The van der Waals surface area contributed by atoms with Gasteiger partial charge in [-0.2, -0.15) is 0 Å². The zero-order valence-electron chi connectivity index (χ0n) is 14.0. The van der Waals surface area contributed by atoms with Gasteiger partial charge in [-0.25, -0.2) is 8.78 Å². The zero-order valence-corrected chi connectivity index (χ0v) is 14.0. The van der Waals surface area contributed by atoms with Crippen molar-refractivity contribution < 1.29 is 23.0 Å². The molecule has 3 aliphatic rings. The molecule has 0 N–H and O–H groups in total. The summed E-state index contributed by atoms with van der Waals surface area (Å²) in [6.07, 6.45) is 5.01. The van der Waals surface area contributed by atoms with Crippen LogP contribution in [0.25, 0.3) is 0 Å². The van der Waals surface area contributed by atoms with Gasteiger partial charge in [-0.3, -0.25) is 9.78 Å². The van der Waals surface area contributed by atoms with Crippen molar-refractivity contribution in [2.45, 2.75) is 49.7 Å². The molecule has 2 aliphatic heterocycles. The average molecular weight is 352 g/mol. The Morgan fingerprint density at radius 1 is 1.28 bits per heavy atom. The summed E-state index contributed by atoms with van der Waals surface area (Å²) in [6.45, 7) is 1.67. The molecule has 7 heteroatoms. The molecule has 1 saturated carbocycles. The van der Waals surface area contributed by atoms with Crippen LogP contribution in [0.4, 0.5) is 8.78 Å². The third-order valence-electron chi connectivity index (χ3n) is 5.54. The second-order valence-electron chi connectivity index (χ2n) is 7.41. The molecular formula is C18H22F2N2O3. The highest BCUT2D eigenvalue weighted by Gasteiger charge is 2.51. The molecule has 1 atom stereocenters. The molecule has 3 fully saturated rings. The molecule has 4 rings (SSSR count). The van der Waals surface area contributed by atoms with E-state index in [1.165, 1.54) is 0 Å². The summed E-state index contributed by atoms with van der Waals surface area (Å²) in [4.78, 5) is 18.1. The van der Waals surface area contributed by atoms with E-state index in [0.29, 0.717) is 19.7 Å². The molecule has 25 heavy (non-hydrogen) atoms. The number of ether oxygens (including phenoxy) is 2. The van der Waals surface area contributed by atoms with Gasteiger partial charge in [0.05, 0.1) is 18.4 Å². The first-order valence-electron chi connectivity index (χ1n) is 8.82. The number of aromatic nitrogens is 1. The molecule has 0 aromatic carbocycles. The Labute approximate surface area is 145 Å². The van der Waals surface area contributed by atoms with E-state index in [2.05, 4.69) is 4.98 Å². The Morgan fingerprint density at radius 2 is 2.04 bits per heavy atom. The van der Waals surface area contributed by atoms with Crippen LogP contribution in [0.3, 0.4) is 0 Å². The van der Waals surface area contributed by atoms with Crippen molar-refractivity contribution in [3.8, 4) is 5.75 Å². The fourth-order valence-corrected chi connectivity index (χ4v) is 4.06. The topological polar surface area (TPSA) is 51.7 Å². The molecule has 0 radical (unpaired) electrons. The minimum atomic E-state index is -2.65. The highest BCUT2D eigenvalue weighted by molar-refractivity contribution is 5.80. The van der Waals surface area contributed by atoms with Crippen LogP contribution in [0.1, 0.15) is 32.1 Å². The molecule has 1 aromatic rings. The van der Waals surface area contributed by atoms with Crippen LogP contribution in [0.15, 0.2) is 24.5 Å². The number of rotatable bonds is 3. The Hall–Kier alpha value is -1.76. The minimum Gasteiger partial charge on any atom is -0.486 e. The van der Waals surface area contributed by atoms with E-state index in [-0.39, 0.29) is 30.5 Å². The lowest BCUT2D eigenvalue weighted by Crippen LogP contribution is -2.52. The second kappa shape index (κ2) is 6.20. The fraction of sp³-hybridized carbons (Fsp3) is 0.667. The van der Waals surface area contributed by atoms with Crippen LogP contribution >= 0.6 is 0 Å². The number of alkyl halides is 2. The molecule has 2 saturated heterocycles. The summed E-state index contributed by atoms with van der Waals surface area (Å²) < 4.78 is 37.9. The minimum absolute atomic E-state index is 0.0169. The number of amides is 1. The van der Waals surface area contributed by atoms with Crippen molar-refractivity contribution in [2.75, 3.05) is 19.7 Å². The number of likely N-dealkylation sites (tertiary alicyclic amines) is 1. The predicted octanol–water partition coefficient (Wildman–Crippen LogP) is 2.66. The molecule has 3 heterocycles. The van der Waals surface area contributed by atoms with Crippen LogP contribution in [0.2, 0.25) is 0 Å². The van der Waals surface area contributed by atoms with Crippen molar-refractivity contribution in [1.29, 1.82) is 0 Å². The smallest absolute Gasteiger partial charge is 0.249 e. The van der Waals surface area contributed by atoms with Gasteiger partial charge in [0, 0.05) is 44.5 Å². The molecule has 0 bridgehead atoms. The van der Waals surface area contributed by atoms with Gasteiger partial charge in [-0.1, -0.05) is 0 Å². The first-order chi connectivity index (χ1) is 11.9. The van der Waals surface area contributed by atoms with E-state index in [4.69, 9.17) is 9.47 Å². The van der Waals surface area contributed by atoms with Crippen LogP contribution < -0.4 is 4.74 Å². The number of nitrogens with zero attached hydrogens (tertiary/aromatic N) is 2. The number of hydrogen-bond donors (Lipinski definition) is 0. The van der Waals surface area contributed by atoms with E-state index in [0.717, 1.165) is 25.0 Å². The van der Waals surface area contributed by atoms with Gasteiger partial charge in [-0.05, 0) is 25.0 Å². The van der Waals surface area contributed by atoms with Crippen molar-refractivity contribution in [2.24, 2.45) is 5.92 Å². The Bertz CT molecular complexity index is 624. The first-order valence-corrected chi connectivity index (χ1v) is 8.82. The number of halogens is 2. The van der Waals surface area contributed by atoms with Gasteiger partial charge in [0.2, 0.25) is 11.8 Å². The molecule has 136 valence electrons. The van der Waals surface area contributed by atoms with E-state index in [9.17, 15) is 13.6 Å². The van der Waals surface area contributed by atoms with Crippen LogP contribution in [-0.2, 0) is 9.53 Å². The highest BCUT2D eigenvalue weighted by atomic mass is 19.3. The van der Waals surface area contributed by atoms with Gasteiger partial charge < -0.3 is 14.4 Å². The second-order valence-corrected chi connectivity index (χ2v) is 7.41. The van der Waals surface area contributed by atoms with Crippen LogP contribution in [-0.4, -0.2) is 53.1 Å². The van der Waals surface area contributed by atoms with Gasteiger partial charge in [0.15, 0.2) is 0 Å². The third-order valence-corrected chi connectivity index (χ3v) is 5.54. The molecule has 1 aromatic heterocycles. The fourth-order valence-electron chi connectivity index (χ4n) is 4.06. The average Bonchev–Trinajstić information content (AvgIpc) is 2.96. The summed E-state index contributed by atoms with van der Waals surface area (Å²) in [5.74, 6) is -2.55. The lowest BCUT2D eigenvalue weighted by atomic mass is 9.79. The number of pyridine rings is 1. The van der Waals surface area contributed by atoms with E-state index >= 15 is 0 Å². The maximum Gasteiger partial charge on any atom is 0.249 e. The Morgan fingerprint density at radius 3 is 2.68 bits per heavy atom. The molecule has 5 nitrogen and oxygen atoms in total. The molecule has 1 spiro atoms. The molecule has 1 aliphatic carbocycles. The normalized spacial score (nSPS) is 27.9. The van der Waals surface area contributed by atoms with Gasteiger partial charge in [0.1, 0.15) is 11.9 Å². The van der Waals surface area contributed by atoms with Crippen molar-refractivity contribution in [3.05, 3.63) is 24.5 Å². The Kier molecular flexibility index (Phi) is 4.14. The number of hydrogen-bond acceptors (Lipinski definition) is 4. The van der Waals surface area contributed by atoms with Crippen molar-refractivity contribution in [1.82, 2.24) is 9.88 Å². The van der Waals surface area contributed by atoms with Gasteiger partial charge in [-0.15, -0.1) is 0 Å². The SMILES string of the molecule is O=C(C1CC(F)(F)C1)N1CCC2(CC1)C[C@H](Oc1cccnc1)CO2. The maximum absolute atomic E-state index is 13.0. The van der Waals surface area contributed by atoms with Crippen molar-refractivity contribution >= 4 is 5.91 Å². The predicted molar refractivity (Wildman–Crippen MR) is 85.4 cm³/mol. The summed E-state index contributed by atoms with van der Waals surface area (Å²) in [5.41, 5.74) is -0.257. The maximum atomic E-state index is 13.0. The quantitative estimate of drug-likeness (QED) is 0.839. The molecule has 1 amide bonds. The van der Waals surface area contributed by atoms with Gasteiger partial charge >= 0.3 is 0 Å². The summed E-state index contributed by atoms with van der Waals surface area (Å²) in [5, 5.41) is 0. The Balaban J connectivity index is 1.28. The molecule has 0 unspecified atom stereocenters. The van der Waals surface area contributed by atoms with E-state index < -0.39 is 11.8 Å². The third kappa shape index (κ3) is 3.47.